The van der Waals surface area contributed by atoms with Crippen molar-refractivity contribution in [3.63, 3.8) is 0 Å². The lowest BCUT2D eigenvalue weighted by atomic mass is 10.2. The molecule has 1 N–H and O–H groups in total. The molecular formula is C17H19FN4OS. The van der Waals surface area contributed by atoms with Crippen LogP contribution in [0, 0.1) is 5.82 Å². The first-order valence-electron chi connectivity index (χ1n) is 7.91. The van der Waals surface area contributed by atoms with E-state index in [1.807, 2.05) is 6.07 Å². The Morgan fingerprint density at radius 2 is 1.96 bits per heavy atom. The summed E-state index contributed by atoms with van der Waals surface area (Å²) in [5.41, 5.74) is 0.869. The van der Waals surface area contributed by atoms with Gasteiger partial charge in [-0.3, -0.25) is 4.79 Å². The Bertz CT molecular complexity index is 689. The highest BCUT2D eigenvalue weighted by Crippen LogP contribution is 2.22. The van der Waals surface area contributed by atoms with Crippen LogP contribution in [-0.4, -0.2) is 34.7 Å². The van der Waals surface area contributed by atoms with E-state index in [1.165, 1.54) is 36.7 Å². The summed E-state index contributed by atoms with van der Waals surface area (Å²) >= 11 is 1.39. The molecule has 1 aliphatic rings. The molecule has 1 saturated heterocycles. The molecule has 126 valence electrons. The molecule has 1 amide bonds. The van der Waals surface area contributed by atoms with Gasteiger partial charge in [0.25, 0.3) is 0 Å². The van der Waals surface area contributed by atoms with E-state index in [0.29, 0.717) is 6.54 Å². The summed E-state index contributed by atoms with van der Waals surface area (Å²) in [6.45, 7) is 2.45. The van der Waals surface area contributed by atoms with E-state index in [4.69, 9.17) is 0 Å². The fourth-order valence-corrected chi connectivity index (χ4v) is 3.21. The maximum absolute atomic E-state index is 12.8. The Balaban J connectivity index is 1.47. The molecule has 7 heteroatoms. The number of hydrogen-bond acceptors (Lipinski definition) is 5. The predicted molar refractivity (Wildman–Crippen MR) is 92.4 cm³/mol. The number of thioether (sulfide) groups is 1. The van der Waals surface area contributed by atoms with Crippen molar-refractivity contribution in [3.8, 4) is 0 Å². The number of amides is 1. The van der Waals surface area contributed by atoms with Crippen molar-refractivity contribution in [1.29, 1.82) is 0 Å². The number of nitrogens with zero attached hydrogens (tertiary/aromatic N) is 3. The first kappa shape index (κ1) is 16.7. The molecular weight excluding hydrogens is 327 g/mol. The van der Waals surface area contributed by atoms with E-state index < -0.39 is 0 Å². The minimum atomic E-state index is -0.279. The number of anilines is 1. The zero-order valence-corrected chi connectivity index (χ0v) is 14.1. The largest absolute Gasteiger partial charge is 0.356 e. The lowest BCUT2D eigenvalue weighted by molar-refractivity contribution is -0.118. The second-order valence-electron chi connectivity index (χ2n) is 5.60. The van der Waals surface area contributed by atoms with Crippen molar-refractivity contribution in [2.75, 3.05) is 23.7 Å². The van der Waals surface area contributed by atoms with Crippen LogP contribution in [0.4, 0.5) is 10.2 Å². The Morgan fingerprint density at radius 3 is 2.71 bits per heavy atom. The topological polar surface area (TPSA) is 58.1 Å². The standard InChI is InChI=1S/C17H19FN4OS/c18-14-5-3-13(4-6-14)10-19-16(23)11-24-17-9-15(20-12-21-17)22-7-1-2-8-22/h3-6,9,12H,1-2,7-8,10-11H2,(H,19,23). The van der Waals surface area contributed by atoms with Gasteiger partial charge in [-0.2, -0.15) is 0 Å². The Kier molecular flexibility index (Phi) is 5.63. The van der Waals surface area contributed by atoms with E-state index >= 15 is 0 Å². The van der Waals surface area contributed by atoms with E-state index in [2.05, 4.69) is 20.2 Å². The molecule has 2 aromatic rings. The highest BCUT2D eigenvalue weighted by molar-refractivity contribution is 7.99. The van der Waals surface area contributed by atoms with E-state index in [1.54, 1.807) is 18.5 Å². The molecule has 0 radical (unpaired) electrons. The summed E-state index contributed by atoms with van der Waals surface area (Å²) in [7, 11) is 0. The maximum atomic E-state index is 12.8. The molecule has 0 bridgehead atoms. The summed E-state index contributed by atoms with van der Waals surface area (Å²) < 4.78 is 12.8. The summed E-state index contributed by atoms with van der Waals surface area (Å²) in [4.78, 5) is 22.7. The summed E-state index contributed by atoms with van der Waals surface area (Å²) in [5, 5.41) is 3.62. The van der Waals surface area contributed by atoms with Crippen LogP contribution in [0.25, 0.3) is 0 Å². The van der Waals surface area contributed by atoms with Gasteiger partial charge in [0.1, 0.15) is 23.0 Å². The Labute approximate surface area is 144 Å². The van der Waals surface area contributed by atoms with Crippen LogP contribution in [0.1, 0.15) is 18.4 Å². The number of nitrogens with one attached hydrogen (secondary N) is 1. The molecule has 0 atom stereocenters. The van der Waals surface area contributed by atoms with Gasteiger partial charge in [0.15, 0.2) is 0 Å². The highest BCUT2D eigenvalue weighted by atomic mass is 32.2. The molecule has 24 heavy (non-hydrogen) atoms. The van der Waals surface area contributed by atoms with Gasteiger partial charge in [-0.25, -0.2) is 14.4 Å². The van der Waals surface area contributed by atoms with Gasteiger partial charge in [-0.15, -0.1) is 0 Å². The van der Waals surface area contributed by atoms with E-state index in [-0.39, 0.29) is 17.5 Å². The lowest BCUT2D eigenvalue weighted by Crippen LogP contribution is -2.24. The number of carbonyl (C=O) groups is 1. The van der Waals surface area contributed by atoms with Crippen LogP contribution in [0.15, 0.2) is 41.7 Å². The molecule has 0 unspecified atom stereocenters. The van der Waals surface area contributed by atoms with Crippen LogP contribution in [0.3, 0.4) is 0 Å². The number of rotatable bonds is 6. The summed E-state index contributed by atoms with van der Waals surface area (Å²) in [6, 6.07) is 8.03. The summed E-state index contributed by atoms with van der Waals surface area (Å²) in [5.74, 6) is 0.859. The van der Waals surface area contributed by atoms with Gasteiger partial charge in [0.2, 0.25) is 5.91 Å². The second-order valence-corrected chi connectivity index (χ2v) is 6.60. The number of halogens is 1. The van der Waals surface area contributed by atoms with Gasteiger partial charge in [0, 0.05) is 25.7 Å². The Hall–Kier alpha value is -2.15. The SMILES string of the molecule is O=C(CSc1cc(N2CCCC2)ncn1)NCc1ccc(F)cc1. The fraction of sp³-hybridized carbons (Fsp3) is 0.353. The van der Waals surface area contributed by atoms with Crippen molar-refractivity contribution < 1.29 is 9.18 Å². The lowest BCUT2D eigenvalue weighted by Gasteiger charge is -2.16. The average Bonchev–Trinajstić information content (AvgIpc) is 3.14. The Morgan fingerprint density at radius 1 is 1.21 bits per heavy atom. The molecule has 0 spiro atoms. The van der Waals surface area contributed by atoms with Gasteiger partial charge in [0.05, 0.1) is 5.75 Å². The molecule has 2 heterocycles. The fourth-order valence-electron chi connectivity index (χ4n) is 2.52. The minimum Gasteiger partial charge on any atom is -0.356 e. The van der Waals surface area contributed by atoms with Gasteiger partial charge in [-0.1, -0.05) is 23.9 Å². The van der Waals surface area contributed by atoms with Gasteiger partial charge < -0.3 is 10.2 Å². The number of benzene rings is 1. The summed E-state index contributed by atoms with van der Waals surface area (Å²) in [6.07, 6.45) is 3.93. The zero-order valence-electron chi connectivity index (χ0n) is 13.2. The van der Waals surface area contributed by atoms with E-state index in [0.717, 1.165) is 29.5 Å². The van der Waals surface area contributed by atoms with Crippen LogP contribution < -0.4 is 10.2 Å². The molecule has 5 nitrogen and oxygen atoms in total. The van der Waals surface area contributed by atoms with Crippen LogP contribution >= 0.6 is 11.8 Å². The number of aromatic nitrogens is 2. The monoisotopic (exact) mass is 346 g/mol. The molecule has 1 aromatic carbocycles. The van der Waals surface area contributed by atoms with Crippen LogP contribution in [0.2, 0.25) is 0 Å². The smallest absolute Gasteiger partial charge is 0.230 e. The van der Waals surface area contributed by atoms with E-state index in [9.17, 15) is 9.18 Å². The van der Waals surface area contributed by atoms with Crippen molar-refractivity contribution in [3.05, 3.63) is 48.0 Å². The first-order valence-corrected chi connectivity index (χ1v) is 8.90. The third kappa shape index (κ3) is 4.67. The maximum Gasteiger partial charge on any atom is 0.230 e. The third-order valence-electron chi connectivity index (χ3n) is 3.81. The third-order valence-corrected chi connectivity index (χ3v) is 4.74. The second kappa shape index (κ2) is 8.10. The molecule has 0 saturated carbocycles. The van der Waals surface area contributed by atoms with Crippen LogP contribution in [-0.2, 0) is 11.3 Å². The highest BCUT2D eigenvalue weighted by Gasteiger charge is 2.14. The molecule has 1 aliphatic heterocycles. The van der Waals surface area contributed by atoms with Crippen molar-refractivity contribution >= 4 is 23.5 Å². The molecule has 1 fully saturated rings. The van der Waals surface area contributed by atoms with Crippen LogP contribution in [0.5, 0.6) is 0 Å². The predicted octanol–water partition coefficient (Wildman–Crippen LogP) is 2.62. The van der Waals surface area contributed by atoms with Crippen molar-refractivity contribution in [2.24, 2.45) is 0 Å². The van der Waals surface area contributed by atoms with Gasteiger partial charge >= 0.3 is 0 Å². The van der Waals surface area contributed by atoms with Gasteiger partial charge in [-0.05, 0) is 30.5 Å². The molecule has 1 aromatic heterocycles. The number of carbonyl (C=O) groups excluding carboxylic acids is 1. The van der Waals surface area contributed by atoms with Crippen molar-refractivity contribution in [2.45, 2.75) is 24.4 Å². The number of hydrogen-bond donors (Lipinski definition) is 1. The first-order chi connectivity index (χ1) is 11.7. The minimum absolute atomic E-state index is 0.0781. The molecule has 0 aliphatic carbocycles. The normalized spacial score (nSPS) is 14.0. The quantitative estimate of drug-likeness (QED) is 0.644. The average molecular weight is 346 g/mol. The zero-order chi connectivity index (χ0) is 16.8. The molecule has 3 rings (SSSR count). The van der Waals surface area contributed by atoms with Crippen molar-refractivity contribution in [1.82, 2.24) is 15.3 Å².